The Morgan fingerprint density at radius 2 is 1.96 bits per heavy atom. The average molecular weight is 355 g/mol. The van der Waals surface area contributed by atoms with E-state index in [2.05, 4.69) is 11.4 Å². The lowest BCUT2D eigenvalue weighted by molar-refractivity contribution is 0.0923. The Hall–Kier alpha value is -2.53. The van der Waals surface area contributed by atoms with E-state index in [0.717, 1.165) is 12.2 Å². The topological polar surface area (TPSA) is 56.8 Å². The predicted molar refractivity (Wildman–Crippen MR) is 99.9 cm³/mol. The monoisotopic (exact) mass is 355 g/mol. The molecule has 0 fully saturated rings. The standard InChI is InChI=1S/C21H25NO4/c1-2-24-11-12-25-20-10-6-4-8-18(20)21(23)22-14-16-13-17-7-3-5-9-19(17)26-15-16/h3-10,16H,2,11-15H2,1H3,(H,22,23)/t16-/m1/s1. The second-order valence-electron chi connectivity index (χ2n) is 6.24. The number of rotatable bonds is 8. The Labute approximate surface area is 154 Å². The van der Waals surface area contributed by atoms with Gasteiger partial charge in [-0.15, -0.1) is 0 Å². The van der Waals surface area contributed by atoms with E-state index >= 15 is 0 Å². The van der Waals surface area contributed by atoms with Crippen molar-refractivity contribution in [3.05, 3.63) is 59.7 Å². The number of benzene rings is 2. The van der Waals surface area contributed by atoms with E-state index in [4.69, 9.17) is 14.2 Å². The summed E-state index contributed by atoms with van der Waals surface area (Å²) in [6, 6.07) is 15.3. The zero-order valence-corrected chi connectivity index (χ0v) is 15.1. The quantitative estimate of drug-likeness (QED) is 0.740. The lowest BCUT2D eigenvalue weighted by Crippen LogP contribution is -2.35. The fraction of sp³-hybridized carbons (Fsp3) is 0.381. The molecule has 1 atom stereocenters. The van der Waals surface area contributed by atoms with Crippen molar-refractivity contribution >= 4 is 5.91 Å². The third-order valence-corrected chi connectivity index (χ3v) is 4.33. The fourth-order valence-corrected chi connectivity index (χ4v) is 2.99. The first-order chi connectivity index (χ1) is 12.8. The molecular weight excluding hydrogens is 330 g/mol. The third-order valence-electron chi connectivity index (χ3n) is 4.33. The summed E-state index contributed by atoms with van der Waals surface area (Å²) in [5, 5.41) is 3.01. The van der Waals surface area contributed by atoms with Crippen molar-refractivity contribution in [2.24, 2.45) is 5.92 Å². The van der Waals surface area contributed by atoms with Crippen LogP contribution in [0.1, 0.15) is 22.8 Å². The minimum absolute atomic E-state index is 0.129. The molecular formula is C21H25NO4. The maximum atomic E-state index is 12.6. The van der Waals surface area contributed by atoms with E-state index in [9.17, 15) is 4.79 Å². The Morgan fingerprint density at radius 3 is 2.85 bits per heavy atom. The molecule has 2 aromatic rings. The van der Waals surface area contributed by atoms with E-state index in [1.807, 2.05) is 37.3 Å². The molecule has 0 aromatic heterocycles. The van der Waals surface area contributed by atoms with E-state index < -0.39 is 0 Å². The Bertz CT molecular complexity index is 731. The van der Waals surface area contributed by atoms with Crippen molar-refractivity contribution in [3.63, 3.8) is 0 Å². The van der Waals surface area contributed by atoms with Gasteiger partial charge in [0, 0.05) is 19.1 Å². The van der Waals surface area contributed by atoms with Crippen LogP contribution in [0.3, 0.4) is 0 Å². The molecule has 1 amide bonds. The highest BCUT2D eigenvalue weighted by Crippen LogP contribution is 2.26. The number of hydrogen-bond acceptors (Lipinski definition) is 4. The highest BCUT2D eigenvalue weighted by Gasteiger charge is 2.21. The van der Waals surface area contributed by atoms with Crippen LogP contribution in [0.25, 0.3) is 0 Å². The number of para-hydroxylation sites is 2. The first kappa shape index (κ1) is 18.3. The molecule has 0 saturated heterocycles. The summed E-state index contributed by atoms with van der Waals surface area (Å²) >= 11 is 0. The minimum atomic E-state index is -0.129. The molecule has 3 rings (SSSR count). The first-order valence-corrected chi connectivity index (χ1v) is 9.06. The minimum Gasteiger partial charge on any atom is -0.493 e. The second-order valence-corrected chi connectivity index (χ2v) is 6.24. The second kappa shape index (κ2) is 9.25. The molecule has 138 valence electrons. The zero-order valence-electron chi connectivity index (χ0n) is 15.1. The lowest BCUT2D eigenvalue weighted by Gasteiger charge is -2.25. The van der Waals surface area contributed by atoms with Gasteiger partial charge in [-0.2, -0.15) is 0 Å². The zero-order chi connectivity index (χ0) is 18.2. The molecule has 5 nitrogen and oxygen atoms in total. The number of carbonyl (C=O) groups excluding carboxylic acids is 1. The molecule has 1 N–H and O–H groups in total. The molecule has 0 spiro atoms. The van der Waals surface area contributed by atoms with Crippen LogP contribution in [0, 0.1) is 5.92 Å². The maximum absolute atomic E-state index is 12.6. The number of amides is 1. The van der Waals surface area contributed by atoms with Crippen LogP contribution in [0.4, 0.5) is 0 Å². The Morgan fingerprint density at radius 1 is 1.15 bits per heavy atom. The molecule has 0 saturated carbocycles. The van der Waals surface area contributed by atoms with Crippen molar-refractivity contribution in [2.75, 3.05) is 33.0 Å². The summed E-state index contributed by atoms with van der Waals surface area (Å²) in [6.45, 7) is 4.70. The van der Waals surface area contributed by atoms with Gasteiger partial charge < -0.3 is 19.5 Å². The smallest absolute Gasteiger partial charge is 0.255 e. The van der Waals surface area contributed by atoms with E-state index in [1.165, 1.54) is 5.56 Å². The summed E-state index contributed by atoms with van der Waals surface area (Å²) < 4.78 is 16.7. The normalized spacial score (nSPS) is 15.7. The van der Waals surface area contributed by atoms with Crippen molar-refractivity contribution < 1.29 is 19.0 Å². The number of nitrogens with one attached hydrogen (secondary N) is 1. The van der Waals surface area contributed by atoms with Crippen molar-refractivity contribution in [1.82, 2.24) is 5.32 Å². The highest BCUT2D eigenvalue weighted by atomic mass is 16.5. The first-order valence-electron chi connectivity index (χ1n) is 9.06. The molecule has 0 radical (unpaired) electrons. The molecule has 1 aliphatic heterocycles. The Kier molecular flexibility index (Phi) is 6.50. The third kappa shape index (κ3) is 4.76. The van der Waals surface area contributed by atoms with Gasteiger partial charge in [-0.25, -0.2) is 0 Å². The SMILES string of the molecule is CCOCCOc1ccccc1C(=O)NC[C@@H]1COc2ccccc2C1. The van der Waals surface area contributed by atoms with Gasteiger partial charge in [0.1, 0.15) is 18.1 Å². The molecule has 1 aliphatic rings. The summed E-state index contributed by atoms with van der Waals surface area (Å²) in [4.78, 5) is 12.6. The van der Waals surface area contributed by atoms with Crippen molar-refractivity contribution in [2.45, 2.75) is 13.3 Å². The van der Waals surface area contributed by atoms with Crippen LogP contribution in [-0.4, -0.2) is 38.9 Å². The van der Waals surface area contributed by atoms with Crippen LogP contribution >= 0.6 is 0 Å². The lowest BCUT2D eigenvalue weighted by atomic mass is 9.96. The number of carbonyl (C=O) groups is 1. The number of hydrogen-bond donors (Lipinski definition) is 1. The van der Waals surface area contributed by atoms with E-state index in [0.29, 0.717) is 44.3 Å². The Balaban J connectivity index is 1.54. The number of fused-ring (bicyclic) bond motifs is 1. The van der Waals surface area contributed by atoms with E-state index in [1.54, 1.807) is 12.1 Å². The molecule has 26 heavy (non-hydrogen) atoms. The van der Waals surface area contributed by atoms with Crippen LogP contribution in [-0.2, 0) is 11.2 Å². The summed E-state index contributed by atoms with van der Waals surface area (Å²) in [7, 11) is 0. The van der Waals surface area contributed by atoms with Crippen LogP contribution in [0.5, 0.6) is 11.5 Å². The number of ether oxygens (including phenoxy) is 3. The summed E-state index contributed by atoms with van der Waals surface area (Å²) in [5.74, 6) is 1.66. The van der Waals surface area contributed by atoms with Crippen LogP contribution in [0.15, 0.2) is 48.5 Å². The molecule has 0 bridgehead atoms. The fourth-order valence-electron chi connectivity index (χ4n) is 2.99. The summed E-state index contributed by atoms with van der Waals surface area (Å²) in [5.41, 5.74) is 1.73. The van der Waals surface area contributed by atoms with Crippen molar-refractivity contribution in [1.29, 1.82) is 0 Å². The highest BCUT2D eigenvalue weighted by molar-refractivity contribution is 5.96. The van der Waals surface area contributed by atoms with Crippen LogP contribution < -0.4 is 14.8 Å². The van der Waals surface area contributed by atoms with Crippen molar-refractivity contribution in [3.8, 4) is 11.5 Å². The van der Waals surface area contributed by atoms with Gasteiger partial charge in [0.25, 0.3) is 5.91 Å². The molecule has 5 heteroatoms. The molecule has 1 heterocycles. The predicted octanol–water partition coefficient (Wildman–Crippen LogP) is 3.08. The molecule has 0 aliphatic carbocycles. The molecule has 2 aromatic carbocycles. The van der Waals surface area contributed by atoms with Gasteiger partial charge >= 0.3 is 0 Å². The summed E-state index contributed by atoms with van der Waals surface area (Å²) in [6.07, 6.45) is 0.906. The van der Waals surface area contributed by atoms with Gasteiger partial charge in [-0.3, -0.25) is 4.79 Å². The van der Waals surface area contributed by atoms with Gasteiger partial charge in [0.2, 0.25) is 0 Å². The van der Waals surface area contributed by atoms with Gasteiger partial charge in [0.05, 0.1) is 18.8 Å². The maximum Gasteiger partial charge on any atom is 0.255 e. The average Bonchev–Trinajstić information content (AvgIpc) is 2.69. The van der Waals surface area contributed by atoms with E-state index in [-0.39, 0.29) is 11.8 Å². The van der Waals surface area contributed by atoms with Gasteiger partial charge in [0.15, 0.2) is 0 Å². The largest absolute Gasteiger partial charge is 0.493 e. The van der Waals surface area contributed by atoms with Gasteiger partial charge in [-0.1, -0.05) is 30.3 Å². The van der Waals surface area contributed by atoms with Gasteiger partial charge in [-0.05, 0) is 37.1 Å². The van der Waals surface area contributed by atoms with Crippen LogP contribution in [0.2, 0.25) is 0 Å². The molecule has 0 unspecified atom stereocenters.